The van der Waals surface area contributed by atoms with Gasteiger partial charge in [0.25, 0.3) is 0 Å². The highest BCUT2D eigenvalue weighted by Crippen LogP contribution is 2.38. The van der Waals surface area contributed by atoms with Gasteiger partial charge in [-0.15, -0.1) is 0 Å². The van der Waals surface area contributed by atoms with Gasteiger partial charge in [0, 0.05) is 21.2 Å². The molecule has 0 saturated carbocycles. The van der Waals surface area contributed by atoms with E-state index in [1.54, 1.807) is 24.3 Å². The molecule has 3 rings (SSSR count). The van der Waals surface area contributed by atoms with Gasteiger partial charge in [-0.3, -0.25) is 9.59 Å². The molecule has 0 bridgehead atoms. The van der Waals surface area contributed by atoms with Crippen molar-refractivity contribution in [1.29, 1.82) is 10.5 Å². The third-order valence-electron chi connectivity index (χ3n) is 4.56. The maximum absolute atomic E-state index is 13.1. The van der Waals surface area contributed by atoms with Crippen molar-refractivity contribution in [3.63, 3.8) is 0 Å². The number of benzene rings is 2. The van der Waals surface area contributed by atoms with Gasteiger partial charge in [-0.2, -0.15) is 10.5 Å². The summed E-state index contributed by atoms with van der Waals surface area (Å²) in [5, 5.41) is 28.7. The third-order valence-corrected chi connectivity index (χ3v) is 6.23. The van der Waals surface area contributed by atoms with Gasteiger partial charge in [-0.05, 0) is 42.0 Å². The number of carboxylic acid groups (broad SMARTS) is 1. The first-order valence-corrected chi connectivity index (χ1v) is 11.0. The van der Waals surface area contributed by atoms with E-state index < -0.39 is 23.4 Å². The molecule has 0 radical (unpaired) electrons. The van der Waals surface area contributed by atoms with Gasteiger partial charge in [-0.1, -0.05) is 47.1 Å². The molecule has 2 aromatic carbocycles. The average molecular weight is 497 g/mol. The monoisotopic (exact) mass is 496 g/mol. The Kier molecular flexibility index (Phi) is 7.57. The molecule has 0 aliphatic heterocycles. The molecule has 3 aromatic rings. The van der Waals surface area contributed by atoms with E-state index in [-0.39, 0.29) is 33.1 Å². The van der Waals surface area contributed by atoms with Crippen molar-refractivity contribution in [3.8, 4) is 23.3 Å². The highest BCUT2D eigenvalue weighted by molar-refractivity contribution is 8.00. The Morgan fingerprint density at radius 1 is 1.06 bits per heavy atom. The second-order valence-corrected chi connectivity index (χ2v) is 8.80. The van der Waals surface area contributed by atoms with Gasteiger partial charge in [0.2, 0.25) is 0 Å². The molecule has 10 heteroatoms. The zero-order chi connectivity index (χ0) is 24.1. The first kappa shape index (κ1) is 24.1. The van der Waals surface area contributed by atoms with Crippen molar-refractivity contribution in [3.05, 3.63) is 75.3 Å². The van der Waals surface area contributed by atoms with Gasteiger partial charge in [0.1, 0.15) is 28.5 Å². The highest BCUT2D eigenvalue weighted by Gasteiger charge is 2.28. The number of nitrogens with zero attached hydrogens (tertiary/aromatic N) is 3. The number of nitrogens with two attached hydrogens (primary N) is 1. The number of aliphatic carboxylic acids is 1. The van der Waals surface area contributed by atoms with Crippen LogP contribution in [-0.2, 0) is 4.79 Å². The molecule has 0 spiro atoms. The summed E-state index contributed by atoms with van der Waals surface area (Å²) in [4.78, 5) is 28.7. The second-order valence-electron chi connectivity index (χ2n) is 6.74. The van der Waals surface area contributed by atoms with Crippen LogP contribution in [0.5, 0.6) is 0 Å². The van der Waals surface area contributed by atoms with E-state index in [9.17, 15) is 25.2 Å². The van der Waals surface area contributed by atoms with Crippen LogP contribution in [0.3, 0.4) is 0 Å². The number of carbonyl (C=O) groups is 2. The Labute approximate surface area is 203 Å². The summed E-state index contributed by atoms with van der Waals surface area (Å²) >= 11 is 12.8. The Balaban J connectivity index is 2.15. The van der Waals surface area contributed by atoms with E-state index in [0.29, 0.717) is 15.6 Å². The number of carboxylic acids is 1. The molecule has 0 saturated heterocycles. The minimum atomic E-state index is -1.20. The van der Waals surface area contributed by atoms with Crippen molar-refractivity contribution < 1.29 is 14.7 Å². The lowest BCUT2D eigenvalue weighted by molar-refractivity contribution is -0.136. The number of carbonyl (C=O) groups excluding carboxylic acids is 1. The predicted octanol–water partition coefficient (Wildman–Crippen LogP) is 5.20. The summed E-state index contributed by atoms with van der Waals surface area (Å²) in [5.41, 5.74) is 6.92. The van der Waals surface area contributed by atoms with Gasteiger partial charge in [0.05, 0.1) is 17.2 Å². The maximum Gasteiger partial charge on any atom is 0.304 e. The number of anilines is 1. The highest BCUT2D eigenvalue weighted by atomic mass is 35.5. The van der Waals surface area contributed by atoms with Crippen LogP contribution in [0.25, 0.3) is 11.1 Å². The Morgan fingerprint density at radius 3 is 2.30 bits per heavy atom. The summed E-state index contributed by atoms with van der Waals surface area (Å²) < 4.78 is 0. The van der Waals surface area contributed by atoms with Crippen molar-refractivity contribution in [2.75, 3.05) is 5.73 Å². The predicted molar refractivity (Wildman–Crippen MR) is 126 cm³/mol. The molecule has 164 valence electrons. The van der Waals surface area contributed by atoms with Gasteiger partial charge >= 0.3 is 5.97 Å². The number of hydrogen-bond donors (Lipinski definition) is 2. The molecule has 33 heavy (non-hydrogen) atoms. The van der Waals surface area contributed by atoms with E-state index in [1.807, 2.05) is 12.1 Å². The summed E-state index contributed by atoms with van der Waals surface area (Å²) in [6.45, 7) is 0. The van der Waals surface area contributed by atoms with Crippen LogP contribution >= 0.6 is 35.0 Å². The molecule has 7 nitrogen and oxygen atoms in total. The lowest BCUT2D eigenvalue weighted by Crippen LogP contribution is -2.22. The van der Waals surface area contributed by atoms with E-state index in [1.165, 1.54) is 24.3 Å². The molecule has 0 aliphatic carbocycles. The normalized spacial score (nSPS) is 11.3. The number of nitrogen functional groups attached to an aromatic ring is 1. The van der Waals surface area contributed by atoms with E-state index in [0.717, 1.165) is 11.8 Å². The Hall–Kier alpha value is -3.56. The number of rotatable bonds is 7. The van der Waals surface area contributed by atoms with Gasteiger partial charge in [0.15, 0.2) is 5.78 Å². The standard InChI is InChI=1S/C23H14Cl2N4O3S/c24-14-6-4-12(5-7-14)21(32)18(9-19(30)31)33-23-17(11-27)20(16(10-26)22(28)29-23)13-2-1-3-15(25)8-13/h1-8,18H,9H2,(H2,28,29)(H,30,31). The third kappa shape index (κ3) is 5.44. The molecular formula is C23H14Cl2N4O3S. The number of Topliss-reactive ketones (excluding diaryl/α,β-unsaturated/α-hetero) is 1. The average Bonchev–Trinajstić information content (AvgIpc) is 2.78. The van der Waals surface area contributed by atoms with Crippen molar-refractivity contribution in [2.24, 2.45) is 0 Å². The van der Waals surface area contributed by atoms with E-state index in [2.05, 4.69) is 4.98 Å². The fourth-order valence-corrected chi connectivity index (χ4v) is 4.57. The zero-order valence-electron chi connectivity index (χ0n) is 16.8. The molecule has 0 amide bonds. The molecule has 0 fully saturated rings. The molecule has 3 N–H and O–H groups in total. The number of aromatic nitrogens is 1. The molecule has 0 aliphatic rings. The summed E-state index contributed by atoms with van der Waals surface area (Å²) in [7, 11) is 0. The number of ketones is 1. The summed E-state index contributed by atoms with van der Waals surface area (Å²) in [6.07, 6.45) is -0.523. The number of halogens is 2. The first-order valence-electron chi connectivity index (χ1n) is 9.33. The van der Waals surface area contributed by atoms with E-state index >= 15 is 0 Å². The number of thioether (sulfide) groups is 1. The van der Waals surface area contributed by atoms with Crippen LogP contribution in [0.15, 0.2) is 53.6 Å². The largest absolute Gasteiger partial charge is 0.481 e. The Bertz CT molecular complexity index is 1330. The van der Waals surface area contributed by atoms with Crippen LogP contribution < -0.4 is 5.73 Å². The van der Waals surface area contributed by atoms with Crippen LogP contribution in [-0.4, -0.2) is 27.1 Å². The molecular weight excluding hydrogens is 483 g/mol. The number of nitriles is 2. The Morgan fingerprint density at radius 2 is 1.73 bits per heavy atom. The minimum absolute atomic E-state index is 0.00712. The van der Waals surface area contributed by atoms with Gasteiger partial charge in [-0.25, -0.2) is 4.98 Å². The fraction of sp³-hybridized carbons (Fsp3) is 0.0870. The SMILES string of the molecule is N#Cc1c(N)nc(SC(CC(=O)O)C(=O)c2ccc(Cl)cc2)c(C#N)c1-c1cccc(Cl)c1. The zero-order valence-corrected chi connectivity index (χ0v) is 19.1. The lowest BCUT2D eigenvalue weighted by atomic mass is 9.97. The lowest BCUT2D eigenvalue weighted by Gasteiger charge is -2.17. The smallest absolute Gasteiger partial charge is 0.304 e. The molecule has 1 atom stereocenters. The second kappa shape index (κ2) is 10.4. The number of hydrogen-bond acceptors (Lipinski definition) is 7. The molecule has 1 heterocycles. The first-order chi connectivity index (χ1) is 15.7. The van der Waals surface area contributed by atoms with E-state index in [4.69, 9.17) is 28.9 Å². The maximum atomic E-state index is 13.1. The topological polar surface area (TPSA) is 141 Å². The molecule has 1 unspecified atom stereocenters. The molecule has 1 aromatic heterocycles. The van der Waals surface area contributed by atoms with Crippen LogP contribution in [0, 0.1) is 22.7 Å². The number of pyridine rings is 1. The quantitative estimate of drug-likeness (QED) is 0.335. The fourth-order valence-electron chi connectivity index (χ4n) is 3.10. The van der Waals surface area contributed by atoms with Gasteiger partial charge < -0.3 is 10.8 Å². The summed E-state index contributed by atoms with van der Waals surface area (Å²) in [6, 6.07) is 16.5. The van der Waals surface area contributed by atoms with Crippen molar-refractivity contribution in [1.82, 2.24) is 4.98 Å². The minimum Gasteiger partial charge on any atom is -0.481 e. The van der Waals surface area contributed by atoms with Crippen molar-refractivity contribution in [2.45, 2.75) is 16.7 Å². The van der Waals surface area contributed by atoms with Crippen LogP contribution in [0.2, 0.25) is 10.0 Å². The van der Waals surface area contributed by atoms with Crippen molar-refractivity contribution >= 4 is 52.5 Å². The summed E-state index contributed by atoms with van der Waals surface area (Å²) in [5.74, 6) is -1.83. The van der Waals surface area contributed by atoms with Crippen LogP contribution in [0.4, 0.5) is 5.82 Å². The van der Waals surface area contributed by atoms with Crippen LogP contribution in [0.1, 0.15) is 27.9 Å².